The second kappa shape index (κ2) is 5.38. The van der Waals surface area contributed by atoms with Gasteiger partial charge in [-0.2, -0.15) is 0 Å². The minimum Gasteiger partial charge on any atom is -0.384 e. The Morgan fingerprint density at radius 3 is 2.53 bits per heavy atom. The second-order valence-electron chi connectivity index (χ2n) is 6.13. The van der Waals surface area contributed by atoms with Crippen molar-refractivity contribution >= 4 is 5.91 Å². The fourth-order valence-electron chi connectivity index (χ4n) is 3.72. The van der Waals surface area contributed by atoms with Gasteiger partial charge in [0.1, 0.15) is 0 Å². The smallest absolute Gasteiger partial charge is 0.231 e. The first-order valence-electron chi connectivity index (χ1n) is 7.38. The Bertz CT molecular complexity index is 324. The highest BCUT2D eigenvalue weighted by Crippen LogP contribution is 2.34. The summed E-state index contributed by atoms with van der Waals surface area (Å²) in [5, 5.41) is 3.33. The molecule has 3 aliphatic rings. The van der Waals surface area contributed by atoms with Crippen molar-refractivity contribution in [1.82, 2.24) is 10.2 Å². The number of rotatable bonds is 3. The van der Waals surface area contributed by atoms with Crippen LogP contribution < -0.4 is 5.32 Å². The zero-order valence-electron chi connectivity index (χ0n) is 11.7. The number of likely N-dealkylation sites (tertiary alicyclic amines) is 1. The van der Waals surface area contributed by atoms with Crippen molar-refractivity contribution in [2.75, 3.05) is 39.9 Å². The number of nitrogens with zero attached hydrogens (tertiary/aromatic N) is 1. The van der Waals surface area contributed by atoms with E-state index in [9.17, 15) is 4.79 Å². The van der Waals surface area contributed by atoms with Gasteiger partial charge in [-0.25, -0.2) is 0 Å². The van der Waals surface area contributed by atoms with Gasteiger partial charge in [-0.05, 0) is 38.8 Å². The molecule has 0 aromatic heterocycles. The first kappa shape index (κ1) is 13.3. The van der Waals surface area contributed by atoms with Crippen LogP contribution in [0.3, 0.4) is 0 Å². The number of ether oxygens (including phenoxy) is 2. The van der Waals surface area contributed by atoms with Gasteiger partial charge in [0.2, 0.25) is 5.91 Å². The van der Waals surface area contributed by atoms with Gasteiger partial charge in [0.05, 0.1) is 24.2 Å². The van der Waals surface area contributed by atoms with E-state index in [1.165, 1.54) is 0 Å². The molecule has 5 heteroatoms. The molecule has 3 rings (SSSR count). The van der Waals surface area contributed by atoms with Crippen molar-refractivity contribution in [3.8, 4) is 0 Å². The number of fused-ring (bicyclic) bond motifs is 2. The Hall–Kier alpha value is -0.650. The van der Waals surface area contributed by atoms with E-state index in [4.69, 9.17) is 9.47 Å². The predicted octanol–water partition coefficient (Wildman–Crippen LogP) is 0.392. The monoisotopic (exact) mass is 268 g/mol. The zero-order valence-corrected chi connectivity index (χ0v) is 11.7. The lowest BCUT2D eigenvalue weighted by molar-refractivity contribution is -0.156. The van der Waals surface area contributed by atoms with Crippen LogP contribution in [0.5, 0.6) is 0 Å². The molecule has 2 unspecified atom stereocenters. The third kappa shape index (κ3) is 2.51. The van der Waals surface area contributed by atoms with Crippen LogP contribution in [0, 0.1) is 5.41 Å². The highest BCUT2D eigenvalue weighted by atomic mass is 16.5. The number of amides is 1. The highest BCUT2D eigenvalue weighted by molar-refractivity contribution is 5.83. The van der Waals surface area contributed by atoms with Gasteiger partial charge in [-0.1, -0.05) is 0 Å². The summed E-state index contributed by atoms with van der Waals surface area (Å²) in [5.41, 5.74) is -0.309. The van der Waals surface area contributed by atoms with E-state index in [1.54, 1.807) is 7.11 Å². The van der Waals surface area contributed by atoms with Crippen LogP contribution in [-0.4, -0.2) is 62.9 Å². The number of morpholine rings is 1. The fourth-order valence-corrected chi connectivity index (χ4v) is 3.72. The SMILES string of the molecule is COCC1(C(=O)N2CC3CCC(C2)O3)CCNCC1. The maximum absolute atomic E-state index is 12.9. The predicted molar refractivity (Wildman–Crippen MR) is 70.9 cm³/mol. The molecule has 1 amide bonds. The number of nitrogens with one attached hydrogen (secondary N) is 1. The number of carbonyl (C=O) groups excluding carboxylic acids is 1. The summed E-state index contributed by atoms with van der Waals surface area (Å²) < 4.78 is 11.2. The lowest BCUT2D eigenvalue weighted by Gasteiger charge is -2.42. The quantitative estimate of drug-likeness (QED) is 0.804. The zero-order chi connectivity index (χ0) is 13.3. The molecule has 3 saturated heterocycles. The maximum atomic E-state index is 12.9. The van der Waals surface area contributed by atoms with Gasteiger partial charge in [0.15, 0.2) is 0 Å². The number of piperidine rings is 1. The summed E-state index contributed by atoms with van der Waals surface area (Å²) in [5.74, 6) is 0.288. The minimum absolute atomic E-state index is 0.268. The van der Waals surface area contributed by atoms with Crippen LogP contribution in [-0.2, 0) is 14.3 Å². The molecule has 0 spiro atoms. The molecular formula is C14H24N2O3. The molecule has 108 valence electrons. The molecule has 0 aromatic carbocycles. The molecule has 0 radical (unpaired) electrons. The molecule has 0 aromatic rings. The van der Waals surface area contributed by atoms with Gasteiger partial charge < -0.3 is 19.7 Å². The van der Waals surface area contributed by atoms with Crippen molar-refractivity contribution in [1.29, 1.82) is 0 Å². The van der Waals surface area contributed by atoms with Crippen LogP contribution in [0.2, 0.25) is 0 Å². The van der Waals surface area contributed by atoms with E-state index in [1.807, 2.05) is 4.90 Å². The van der Waals surface area contributed by atoms with E-state index >= 15 is 0 Å². The van der Waals surface area contributed by atoms with E-state index in [0.717, 1.165) is 51.9 Å². The minimum atomic E-state index is -0.309. The van der Waals surface area contributed by atoms with Gasteiger partial charge in [0.25, 0.3) is 0 Å². The third-order valence-corrected chi connectivity index (χ3v) is 4.77. The van der Waals surface area contributed by atoms with Crippen LogP contribution in [0.15, 0.2) is 0 Å². The Morgan fingerprint density at radius 1 is 1.32 bits per heavy atom. The normalized spacial score (nSPS) is 33.4. The van der Waals surface area contributed by atoms with Crippen LogP contribution in [0.4, 0.5) is 0 Å². The molecule has 2 atom stereocenters. The number of hydrogen-bond donors (Lipinski definition) is 1. The Morgan fingerprint density at radius 2 is 1.95 bits per heavy atom. The summed E-state index contributed by atoms with van der Waals surface area (Å²) in [6, 6.07) is 0. The molecule has 19 heavy (non-hydrogen) atoms. The molecule has 0 aliphatic carbocycles. The van der Waals surface area contributed by atoms with Crippen molar-refractivity contribution in [3.63, 3.8) is 0 Å². The first-order chi connectivity index (χ1) is 9.23. The van der Waals surface area contributed by atoms with Crippen molar-refractivity contribution in [3.05, 3.63) is 0 Å². The average Bonchev–Trinajstić information content (AvgIpc) is 2.78. The molecular weight excluding hydrogens is 244 g/mol. The summed E-state index contributed by atoms with van der Waals surface area (Å²) in [6.07, 6.45) is 4.51. The largest absolute Gasteiger partial charge is 0.384 e. The molecule has 3 aliphatic heterocycles. The van der Waals surface area contributed by atoms with E-state index < -0.39 is 0 Å². The van der Waals surface area contributed by atoms with Crippen molar-refractivity contribution < 1.29 is 14.3 Å². The standard InChI is InChI=1S/C14H24N2O3/c1-18-10-14(4-6-15-7-5-14)13(17)16-8-11-2-3-12(9-16)19-11/h11-12,15H,2-10H2,1H3. The van der Waals surface area contributed by atoms with Crippen molar-refractivity contribution in [2.24, 2.45) is 5.41 Å². The molecule has 5 nitrogen and oxygen atoms in total. The van der Waals surface area contributed by atoms with E-state index in [0.29, 0.717) is 6.61 Å². The van der Waals surface area contributed by atoms with Gasteiger partial charge in [-0.15, -0.1) is 0 Å². The van der Waals surface area contributed by atoms with Crippen LogP contribution in [0.25, 0.3) is 0 Å². The summed E-state index contributed by atoms with van der Waals surface area (Å²) in [4.78, 5) is 15.0. The topological polar surface area (TPSA) is 50.8 Å². The lowest BCUT2D eigenvalue weighted by Crippen LogP contribution is -2.55. The van der Waals surface area contributed by atoms with Crippen LogP contribution in [0.1, 0.15) is 25.7 Å². The molecule has 2 bridgehead atoms. The third-order valence-electron chi connectivity index (χ3n) is 4.77. The summed E-state index contributed by atoms with van der Waals surface area (Å²) in [7, 11) is 1.69. The molecule has 0 saturated carbocycles. The maximum Gasteiger partial charge on any atom is 0.231 e. The van der Waals surface area contributed by atoms with Crippen LogP contribution >= 0.6 is 0 Å². The summed E-state index contributed by atoms with van der Waals surface area (Å²) in [6.45, 7) is 3.90. The number of methoxy groups -OCH3 is 1. The Balaban J connectivity index is 1.72. The van der Waals surface area contributed by atoms with E-state index in [2.05, 4.69) is 5.32 Å². The Labute approximate surface area is 114 Å². The molecule has 3 fully saturated rings. The van der Waals surface area contributed by atoms with Gasteiger partial charge >= 0.3 is 0 Å². The van der Waals surface area contributed by atoms with Gasteiger partial charge in [-0.3, -0.25) is 4.79 Å². The van der Waals surface area contributed by atoms with Crippen molar-refractivity contribution in [2.45, 2.75) is 37.9 Å². The highest BCUT2D eigenvalue weighted by Gasteiger charge is 2.45. The average molecular weight is 268 g/mol. The van der Waals surface area contributed by atoms with Gasteiger partial charge in [0, 0.05) is 20.2 Å². The summed E-state index contributed by atoms with van der Waals surface area (Å²) >= 11 is 0. The Kier molecular flexibility index (Phi) is 3.78. The number of hydrogen-bond acceptors (Lipinski definition) is 4. The second-order valence-corrected chi connectivity index (χ2v) is 6.13. The first-order valence-corrected chi connectivity index (χ1v) is 7.38. The molecule has 3 heterocycles. The van der Waals surface area contributed by atoms with E-state index in [-0.39, 0.29) is 23.5 Å². The number of carbonyl (C=O) groups is 1. The molecule has 1 N–H and O–H groups in total. The fraction of sp³-hybridized carbons (Fsp3) is 0.929. The lowest BCUT2D eigenvalue weighted by atomic mass is 9.78.